The summed E-state index contributed by atoms with van der Waals surface area (Å²) < 4.78 is 9.11. The Morgan fingerprint density at radius 1 is 1.14 bits per heavy atom. The van der Waals surface area contributed by atoms with Crippen molar-refractivity contribution in [1.29, 1.82) is 0 Å². The Kier molecular flexibility index (Phi) is 2.52. The second-order valence-corrected chi connectivity index (χ2v) is 3.51. The van der Waals surface area contributed by atoms with Crippen molar-refractivity contribution in [3.8, 4) is 0 Å². The molecule has 0 fully saturated rings. The number of benzene rings is 2. The Balaban J connectivity index is 2.83. The lowest BCUT2D eigenvalue weighted by Crippen LogP contribution is -1.86. The summed E-state index contributed by atoms with van der Waals surface area (Å²) >= 11 is 0.618. The molecular formula is C11H8O2S. The predicted octanol–water partition coefficient (Wildman–Crippen LogP) is 3.22. The van der Waals surface area contributed by atoms with E-state index in [4.69, 9.17) is 4.55 Å². The van der Waals surface area contributed by atoms with Crippen LogP contribution in [0.4, 0.5) is 0 Å². The first kappa shape index (κ1) is 9.24. The van der Waals surface area contributed by atoms with Crippen LogP contribution >= 0.6 is 12.0 Å². The van der Waals surface area contributed by atoms with Crippen LogP contribution in [0.2, 0.25) is 0 Å². The van der Waals surface area contributed by atoms with Crippen LogP contribution in [0.1, 0.15) is 10.4 Å². The van der Waals surface area contributed by atoms with E-state index in [-0.39, 0.29) is 0 Å². The highest BCUT2D eigenvalue weighted by atomic mass is 32.2. The molecule has 3 heteroatoms. The molecule has 0 unspecified atom stereocenters. The van der Waals surface area contributed by atoms with E-state index >= 15 is 0 Å². The van der Waals surface area contributed by atoms with Gasteiger partial charge in [0, 0.05) is 17.6 Å². The maximum Gasteiger partial charge on any atom is 0.151 e. The zero-order valence-electron chi connectivity index (χ0n) is 7.31. The maximum atomic E-state index is 10.7. The van der Waals surface area contributed by atoms with E-state index in [0.717, 1.165) is 17.1 Å². The van der Waals surface area contributed by atoms with Gasteiger partial charge < -0.3 is 4.55 Å². The van der Waals surface area contributed by atoms with Crippen molar-refractivity contribution >= 4 is 29.1 Å². The van der Waals surface area contributed by atoms with Crippen LogP contribution in [0, 0.1) is 0 Å². The molecule has 70 valence electrons. The fraction of sp³-hybridized carbons (Fsp3) is 0. The van der Waals surface area contributed by atoms with Crippen molar-refractivity contribution in [2.75, 3.05) is 0 Å². The topological polar surface area (TPSA) is 37.3 Å². The first-order valence-corrected chi connectivity index (χ1v) is 4.92. The third-order valence-corrected chi connectivity index (χ3v) is 2.77. The van der Waals surface area contributed by atoms with E-state index in [0.29, 0.717) is 22.5 Å². The number of rotatable bonds is 2. The number of hydrogen-bond acceptors (Lipinski definition) is 3. The van der Waals surface area contributed by atoms with Crippen LogP contribution in [0.5, 0.6) is 0 Å². The number of carbonyl (C=O) groups is 1. The van der Waals surface area contributed by atoms with Gasteiger partial charge in [0.25, 0.3) is 0 Å². The van der Waals surface area contributed by atoms with Crippen LogP contribution in [0.3, 0.4) is 0 Å². The van der Waals surface area contributed by atoms with Gasteiger partial charge in [-0.3, -0.25) is 4.79 Å². The third kappa shape index (κ3) is 1.41. The standard InChI is InChI=1S/C11H8O2S/c12-7-9-6-5-8-3-1-2-4-10(8)11(9)14-13/h1-7,13H. The normalized spacial score (nSPS) is 10.4. The van der Waals surface area contributed by atoms with Crippen molar-refractivity contribution in [3.05, 3.63) is 42.0 Å². The monoisotopic (exact) mass is 204 g/mol. The molecule has 0 aliphatic heterocycles. The van der Waals surface area contributed by atoms with Crippen molar-refractivity contribution in [3.63, 3.8) is 0 Å². The van der Waals surface area contributed by atoms with Crippen molar-refractivity contribution in [2.45, 2.75) is 4.90 Å². The molecular weight excluding hydrogens is 196 g/mol. The van der Waals surface area contributed by atoms with Gasteiger partial charge in [0.1, 0.15) is 0 Å². The van der Waals surface area contributed by atoms with Gasteiger partial charge in [0.15, 0.2) is 6.29 Å². The van der Waals surface area contributed by atoms with Crippen LogP contribution in [-0.2, 0) is 0 Å². The fourth-order valence-electron chi connectivity index (χ4n) is 1.45. The maximum absolute atomic E-state index is 10.7. The molecule has 14 heavy (non-hydrogen) atoms. The second-order valence-electron chi connectivity index (χ2n) is 2.91. The Morgan fingerprint density at radius 3 is 2.64 bits per heavy atom. The van der Waals surface area contributed by atoms with Crippen LogP contribution in [-0.4, -0.2) is 10.8 Å². The molecule has 0 atom stereocenters. The van der Waals surface area contributed by atoms with Gasteiger partial charge in [-0.05, 0) is 16.8 Å². The van der Waals surface area contributed by atoms with E-state index in [2.05, 4.69) is 0 Å². The summed E-state index contributed by atoms with van der Waals surface area (Å²) in [6, 6.07) is 11.2. The largest absolute Gasteiger partial charge is 0.325 e. The molecule has 0 heterocycles. The van der Waals surface area contributed by atoms with Crippen molar-refractivity contribution in [1.82, 2.24) is 0 Å². The minimum Gasteiger partial charge on any atom is -0.325 e. The summed E-state index contributed by atoms with van der Waals surface area (Å²) in [6.07, 6.45) is 0.755. The number of aldehydes is 1. The molecule has 2 aromatic carbocycles. The van der Waals surface area contributed by atoms with Crippen LogP contribution in [0.15, 0.2) is 41.3 Å². The Hall–Kier alpha value is -1.32. The zero-order chi connectivity index (χ0) is 9.97. The van der Waals surface area contributed by atoms with Gasteiger partial charge >= 0.3 is 0 Å². The van der Waals surface area contributed by atoms with Gasteiger partial charge in [-0.1, -0.05) is 30.3 Å². The second kappa shape index (κ2) is 3.82. The zero-order valence-corrected chi connectivity index (χ0v) is 8.12. The first-order chi connectivity index (χ1) is 6.86. The highest BCUT2D eigenvalue weighted by molar-refractivity contribution is 7.94. The highest BCUT2D eigenvalue weighted by Crippen LogP contribution is 2.28. The van der Waals surface area contributed by atoms with Gasteiger partial charge in [-0.25, -0.2) is 0 Å². The Labute approximate surface area is 85.8 Å². The molecule has 2 nitrogen and oxygen atoms in total. The lowest BCUT2D eigenvalue weighted by Gasteiger charge is -2.04. The molecule has 0 radical (unpaired) electrons. The molecule has 0 aromatic heterocycles. The SMILES string of the molecule is O=Cc1ccc2ccccc2c1SO. The summed E-state index contributed by atoms with van der Waals surface area (Å²) in [5.74, 6) is 0. The summed E-state index contributed by atoms with van der Waals surface area (Å²) in [5, 5.41) is 1.93. The van der Waals surface area contributed by atoms with Crippen molar-refractivity contribution < 1.29 is 9.35 Å². The summed E-state index contributed by atoms with van der Waals surface area (Å²) in [4.78, 5) is 11.3. The smallest absolute Gasteiger partial charge is 0.151 e. The van der Waals surface area contributed by atoms with Gasteiger partial charge in [-0.15, -0.1) is 0 Å². The highest BCUT2D eigenvalue weighted by Gasteiger charge is 2.06. The molecule has 0 aliphatic rings. The molecule has 0 bridgehead atoms. The minimum absolute atomic E-state index is 0.524. The predicted molar refractivity (Wildman–Crippen MR) is 57.8 cm³/mol. The van der Waals surface area contributed by atoms with E-state index in [1.807, 2.05) is 30.3 Å². The Bertz CT molecular complexity index is 480. The molecule has 0 saturated heterocycles. The Morgan fingerprint density at radius 2 is 1.93 bits per heavy atom. The average Bonchev–Trinajstić information content (AvgIpc) is 2.27. The van der Waals surface area contributed by atoms with E-state index in [9.17, 15) is 4.79 Å². The van der Waals surface area contributed by atoms with Gasteiger partial charge in [0.2, 0.25) is 0 Å². The van der Waals surface area contributed by atoms with Crippen LogP contribution in [0.25, 0.3) is 10.8 Å². The van der Waals surface area contributed by atoms with E-state index in [1.165, 1.54) is 0 Å². The molecule has 0 saturated carbocycles. The number of hydrogen-bond donors (Lipinski definition) is 1. The molecule has 0 amide bonds. The molecule has 2 aromatic rings. The summed E-state index contributed by atoms with van der Waals surface area (Å²) in [7, 11) is 0. The quantitative estimate of drug-likeness (QED) is 0.602. The molecule has 2 rings (SSSR count). The lowest BCUT2D eigenvalue weighted by molar-refractivity contribution is 0.112. The summed E-state index contributed by atoms with van der Waals surface area (Å²) in [5.41, 5.74) is 0.524. The number of fused-ring (bicyclic) bond motifs is 1. The third-order valence-electron chi connectivity index (χ3n) is 2.13. The lowest BCUT2D eigenvalue weighted by atomic mass is 10.1. The van der Waals surface area contributed by atoms with Crippen LogP contribution < -0.4 is 0 Å². The van der Waals surface area contributed by atoms with Gasteiger partial charge in [-0.2, -0.15) is 0 Å². The average molecular weight is 204 g/mol. The van der Waals surface area contributed by atoms with Crippen molar-refractivity contribution in [2.24, 2.45) is 0 Å². The van der Waals surface area contributed by atoms with E-state index in [1.54, 1.807) is 6.07 Å². The molecule has 1 N–H and O–H groups in total. The minimum atomic E-state index is 0.524. The number of carbonyl (C=O) groups excluding carboxylic acids is 1. The molecule has 0 spiro atoms. The first-order valence-electron chi connectivity index (χ1n) is 4.15. The fourth-order valence-corrected chi connectivity index (χ4v) is 1.96. The summed E-state index contributed by atoms with van der Waals surface area (Å²) in [6.45, 7) is 0. The molecule has 0 aliphatic carbocycles. The van der Waals surface area contributed by atoms with Gasteiger partial charge in [0.05, 0.1) is 4.90 Å². The van der Waals surface area contributed by atoms with E-state index < -0.39 is 0 Å².